The molecule has 0 heterocycles. The van der Waals surface area contributed by atoms with Crippen molar-refractivity contribution in [1.82, 2.24) is 5.32 Å². The molecule has 0 saturated heterocycles. The van der Waals surface area contributed by atoms with Crippen LogP contribution in [0.2, 0.25) is 0 Å². The molecule has 4 nitrogen and oxygen atoms in total. The van der Waals surface area contributed by atoms with Crippen molar-refractivity contribution in [3.8, 4) is 0 Å². The molecule has 21 heavy (non-hydrogen) atoms. The predicted octanol–water partition coefficient (Wildman–Crippen LogP) is 2.78. The van der Waals surface area contributed by atoms with Crippen LogP contribution in [-0.4, -0.2) is 29.7 Å². The zero-order valence-corrected chi connectivity index (χ0v) is 11.2. The van der Waals surface area contributed by atoms with Crippen LogP contribution in [0.4, 0.5) is 13.2 Å². The highest BCUT2D eigenvalue weighted by molar-refractivity contribution is 5.95. The lowest BCUT2D eigenvalue weighted by atomic mass is 10.1. The van der Waals surface area contributed by atoms with Gasteiger partial charge >= 0.3 is 12.1 Å². The number of rotatable bonds is 5. The van der Waals surface area contributed by atoms with Crippen molar-refractivity contribution in [3.63, 3.8) is 0 Å². The molecule has 1 amide bonds. The van der Waals surface area contributed by atoms with Crippen molar-refractivity contribution in [2.75, 3.05) is 6.54 Å². The number of aliphatic carboxylic acids is 1. The lowest BCUT2D eigenvalue weighted by Crippen LogP contribution is -2.28. The van der Waals surface area contributed by atoms with Crippen LogP contribution in [0, 0.1) is 6.92 Å². The molecular formula is C14H14F3NO3. The van der Waals surface area contributed by atoms with Gasteiger partial charge in [0.15, 0.2) is 0 Å². The number of halogens is 3. The number of aryl methyl sites for hydroxylation is 1. The number of carboxylic acids is 1. The van der Waals surface area contributed by atoms with Gasteiger partial charge in [0, 0.05) is 18.2 Å². The summed E-state index contributed by atoms with van der Waals surface area (Å²) in [5.74, 6) is -1.76. The molecule has 0 aromatic heterocycles. The van der Waals surface area contributed by atoms with Crippen LogP contribution in [0.15, 0.2) is 24.3 Å². The average Bonchev–Trinajstić information content (AvgIpc) is 2.34. The van der Waals surface area contributed by atoms with E-state index in [0.717, 1.165) is 6.08 Å². The predicted molar refractivity (Wildman–Crippen MR) is 70.9 cm³/mol. The summed E-state index contributed by atoms with van der Waals surface area (Å²) in [5.41, 5.74) is 1.36. The van der Waals surface area contributed by atoms with E-state index < -0.39 is 31.0 Å². The Morgan fingerprint density at radius 3 is 2.52 bits per heavy atom. The van der Waals surface area contributed by atoms with Crippen molar-refractivity contribution < 1.29 is 27.9 Å². The molecule has 2 N–H and O–H groups in total. The highest BCUT2D eigenvalue weighted by atomic mass is 19.4. The Hall–Kier alpha value is -2.31. The molecule has 0 bridgehead atoms. The van der Waals surface area contributed by atoms with Gasteiger partial charge in [-0.3, -0.25) is 4.79 Å². The minimum Gasteiger partial charge on any atom is -0.478 e. The van der Waals surface area contributed by atoms with E-state index >= 15 is 0 Å². The van der Waals surface area contributed by atoms with Crippen molar-refractivity contribution >= 4 is 18.0 Å². The van der Waals surface area contributed by atoms with Gasteiger partial charge in [0.05, 0.1) is 6.42 Å². The largest absolute Gasteiger partial charge is 0.478 e. The second kappa shape index (κ2) is 6.92. The van der Waals surface area contributed by atoms with Crippen LogP contribution in [0.5, 0.6) is 0 Å². The van der Waals surface area contributed by atoms with E-state index in [0.29, 0.717) is 11.1 Å². The minimum atomic E-state index is -4.32. The summed E-state index contributed by atoms with van der Waals surface area (Å²) in [6.07, 6.45) is -3.20. The third kappa shape index (κ3) is 6.60. The Bertz CT molecular complexity index is 565. The Morgan fingerprint density at radius 2 is 1.95 bits per heavy atom. The van der Waals surface area contributed by atoms with E-state index in [1.807, 2.05) is 0 Å². The first-order valence-corrected chi connectivity index (χ1v) is 6.05. The van der Waals surface area contributed by atoms with Crippen molar-refractivity contribution in [3.05, 3.63) is 41.0 Å². The third-order valence-corrected chi connectivity index (χ3v) is 2.47. The SMILES string of the molecule is Cc1cc(/C=C/C(=O)O)cc(C(=O)NCCC(F)(F)F)c1. The van der Waals surface area contributed by atoms with E-state index in [2.05, 4.69) is 5.32 Å². The Balaban J connectivity index is 2.78. The summed E-state index contributed by atoms with van der Waals surface area (Å²) in [4.78, 5) is 22.2. The van der Waals surface area contributed by atoms with E-state index in [4.69, 9.17) is 5.11 Å². The van der Waals surface area contributed by atoms with Gasteiger partial charge in [0.2, 0.25) is 0 Å². The molecule has 1 rings (SSSR count). The molecule has 1 aromatic carbocycles. The first-order valence-electron chi connectivity index (χ1n) is 6.05. The van der Waals surface area contributed by atoms with Gasteiger partial charge in [0.25, 0.3) is 5.91 Å². The van der Waals surface area contributed by atoms with Crippen molar-refractivity contribution in [2.45, 2.75) is 19.5 Å². The normalized spacial score (nSPS) is 11.6. The smallest absolute Gasteiger partial charge is 0.390 e. The topological polar surface area (TPSA) is 66.4 Å². The van der Waals surface area contributed by atoms with Crippen LogP contribution in [0.3, 0.4) is 0 Å². The maximum Gasteiger partial charge on any atom is 0.390 e. The third-order valence-electron chi connectivity index (χ3n) is 2.47. The Labute approximate surface area is 119 Å². The molecule has 0 atom stereocenters. The van der Waals surface area contributed by atoms with E-state index in [1.54, 1.807) is 13.0 Å². The highest BCUT2D eigenvalue weighted by Crippen LogP contribution is 2.18. The second-order valence-electron chi connectivity index (χ2n) is 4.43. The number of hydrogen-bond donors (Lipinski definition) is 2. The van der Waals surface area contributed by atoms with Crippen molar-refractivity contribution in [2.24, 2.45) is 0 Å². The standard InChI is InChI=1S/C14H14F3NO3/c1-9-6-10(2-3-12(19)20)8-11(7-9)13(21)18-5-4-14(15,16)17/h2-3,6-8H,4-5H2,1H3,(H,18,21)(H,19,20)/b3-2+. The number of amides is 1. The van der Waals surface area contributed by atoms with Gasteiger partial charge in [-0.15, -0.1) is 0 Å². The molecule has 0 aliphatic heterocycles. The number of hydrogen-bond acceptors (Lipinski definition) is 2. The molecule has 0 spiro atoms. The Morgan fingerprint density at radius 1 is 1.29 bits per heavy atom. The second-order valence-corrected chi connectivity index (χ2v) is 4.43. The molecule has 0 radical (unpaired) electrons. The van der Waals surface area contributed by atoms with Gasteiger partial charge in [-0.05, 0) is 36.3 Å². The van der Waals surface area contributed by atoms with Gasteiger partial charge < -0.3 is 10.4 Å². The van der Waals surface area contributed by atoms with E-state index in [9.17, 15) is 22.8 Å². The monoisotopic (exact) mass is 301 g/mol. The first-order chi connectivity index (χ1) is 9.67. The van der Waals surface area contributed by atoms with Crippen LogP contribution in [-0.2, 0) is 4.79 Å². The van der Waals surface area contributed by atoms with E-state index in [1.165, 1.54) is 18.2 Å². The minimum absolute atomic E-state index is 0.183. The maximum absolute atomic E-state index is 12.0. The number of carbonyl (C=O) groups excluding carboxylic acids is 1. The number of benzene rings is 1. The van der Waals surface area contributed by atoms with Crippen LogP contribution in [0.25, 0.3) is 6.08 Å². The fraction of sp³-hybridized carbons (Fsp3) is 0.286. The van der Waals surface area contributed by atoms with Crippen LogP contribution in [0.1, 0.15) is 27.9 Å². The summed E-state index contributed by atoms with van der Waals surface area (Å²) in [7, 11) is 0. The molecule has 0 fully saturated rings. The van der Waals surface area contributed by atoms with Gasteiger partial charge in [0.1, 0.15) is 0 Å². The number of nitrogens with one attached hydrogen (secondary N) is 1. The molecule has 0 unspecified atom stereocenters. The summed E-state index contributed by atoms with van der Waals surface area (Å²) < 4.78 is 36.0. The number of carbonyl (C=O) groups is 2. The van der Waals surface area contributed by atoms with Crippen LogP contribution < -0.4 is 5.32 Å². The molecule has 0 aliphatic carbocycles. The molecule has 1 aromatic rings. The molecule has 114 valence electrons. The molecular weight excluding hydrogens is 287 g/mol. The number of carboxylic acid groups (broad SMARTS) is 1. The zero-order chi connectivity index (χ0) is 16.0. The van der Waals surface area contributed by atoms with Crippen LogP contribution >= 0.6 is 0 Å². The molecule has 0 saturated carbocycles. The lowest BCUT2D eigenvalue weighted by molar-refractivity contribution is -0.133. The Kier molecular flexibility index (Phi) is 5.52. The quantitative estimate of drug-likeness (QED) is 0.822. The lowest BCUT2D eigenvalue weighted by Gasteiger charge is -2.09. The molecule has 0 aliphatic rings. The zero-order valence-electron chi connectivity index (χ0n) is 11.2. The number of alkyl halides is 3. The fourth-order valence-corrected chi connectivity index (χ4v) is 1.63. The summed E-state index contributed by atoms with van der Waals surface area (Å²) in [5, 5.41) is 10.7. The first kappa shape index (κ1) is 16.7. The van der Waals surface area contributed by atoms with Gasteiger partial charge in [-0.1, -0.05) is 6.07 Å². The highest BCUT2D eigenvalue weighted by Gasteiger charge is 2.26. The van der Waals surface area contributed by atoms with E-state index in [-0.39, 0.29) is 5.56 Å². The summed E-state index contributed by atoms with van der Waals surface area (Å²) in [6.45, 7) is 1.20. The average molecular weight is 301 g/mol. The van der Waals surface area contributed by atoms with Gasteiger partial charge in [-0.2, -0.15) is 13.2 Å². The summed E-state index contributed by atoms with van der Waals surface area (Å²) in [6, 6.07) is 4.59. The fourth-order valence-electron chi connectivity index (χ4n) is 1.63. The maximum atomic E-state index is 12.0. The van der Waals surface area contributed by atoms with Crippen molar-refractivity contribution in [1.29, 1.82) is 0 Å². The van der Waals surface area contributed by atoms with Gasteiger partial charge in [-0.25, -0.2) is 4.79 Å². The summed E-state index contributed by atoms with van der Waals surface area (Å²) >= 11 is 0. The molecule has 7 heteroatoms.